The standard InChI is InChI=1S/C42H35N3O4S/c1-2-49-38-23-12-10-19-32(38)28-37(45-40(46)31-17-7-4-8-18-31)41(47)43-33-24-26-34(27-25-33)50-39(30-15-5-3-6-16-30)42(48)44-36-22-13-20-29-14-9-11-21-35(29)36/h3-28,39H,2H2,1H3,(H,43,47)(H,44,48)(H,45,46)/b37-28-. The summed E-state index contributed by atoms with van der Waals surface area (Å²) in [7, 11) is 0. The molecule has 3 N–H and O–H groups in total. The topological polar surface area (TPSA) is 96.5 Å². The van der Waals surface area contributed by atoms with Crippen molar-refractivity contribution in [2.75, 3.05) is 17.2 Å². The average molecular weight is 678 g/mol. The van der Waals surface area contributed by atoms with Crippen LogP contribution in [0.4, 0.5) is 11.4 Å². The van der Waals surface area contributed by atoms with Gasteiger partial charge in [-0.05, 0) is 72.5 Å². The number of amides is 3. The van der Waals surface area contributed by atoms with E-state index in [-0.39, 0.29) is 11.6 Å². The molecule has 0 aliphatic carbocycles. The maximum Gasteiger partial charge on any atom is 0.272 e. The molecule has 0 fully saturated rings. The maximum absolute atomic E-state index is 13.8. The molecule has 0 radical (unpaired) electrons. The Kier molecular flexibility index (Phi) is 11.0. The zero-order chi connectivity index (χ0) is 34.7. The summed E-state index contributed by atoms with van der Waals surface area (Å²) >= 11 is 1.42. The summed E-state index contributed by atoms with van der Waals surface area (Å²) in [4.78, 5) is 41.4. The van der Waals surface area contributed by atoms with Crippen molar-refractivity contribution in [3.05, 3.63) is 174 Å². The van der Waals surface area contributed by atoms with E-state index in [0.717, 1.165) is 26.9 Å². The molecule has 1 atom stereocenters. The SMILES string of the molecule is CCOc1ccccc1/C=C(\NC(=O)c1ccccc1)C(=O)Nc1ccc(SC(C(=O)Nc2cccc3ccccc23)c2ccccc2)cc1. The highest BCUT2D eigenvalue weighted by Crippen LogP contribution is 2.37. The van der Waals surface area contributed by atoms with Gasteiger partial charge in [0.25, 0.3) is 11.8 Å². The van der Waals surface area contributed by atoms with Crippen molar-refractivity contribution < 1.29 is 19.1 Å². The second-order valence-corrected chi connectivity index (χ2v) is 12.4. The Balaban J connectivity index is 1.21. The summed E-state index contributed by atoms with van der Waals surface area (Å²) in [5.74, 6) is -0.474. The van der Waals surface area contributed by atoms with Gasteiger partial charge in [-0.15, -0.1) is 11.8 Å². The molecule has 0 spiro atoms. The Morgan fingerprint density at radius 2 is 1.36 bits per heavy atom. The first-order valence-corrected chi connectivity index (χ1v) is 17.1. The van der Waals surface area contributed by atoms with Gasteiger partial charge in [-0.2, -0.15) is 0 Å². The van der Waals surface area contributed by atoms with Gasteiger partial charge >= 0.3 is 0 Å². The van der Waals surface area contributed by atoms with E-state index >= 15 is 0 Å². The molecule has 3 amide bonds. The number of ether oxygens (including phenoxy) is 1. The number of hydrogen-bond acceptors (Lipinski definition) is 5. The monoisotopic (exact) mass is 677 g/mol. The molecule has 0 bridgehead atoms. The minimum Gasteiger partial charge on any atom is -0.493 e. The summed E-state index contributed by atoms with van der Waals surface area (Å²) in [6.45, 7) is 2.33. The van der Waals surface area contributed by atoms with Crippen molar-refractivity contribution >= 4 is 57.7 Å². The molecule has 248 valence electrons. The third kappa shape index (κ3) is 8.47. The quantitative estimate of drug-likeness (QED) is 0.0887. The van der Waals surface area contributed by atoms with Crippen molar-refractivity contribution in [2.45, 2.75) is 17.1 Å². The second-order valence-electron chi connectivity index (χ2n) is 11.3. The van der Waals surface area contributed by atoms with Crippen molar-refractivity contribution in [1.29, 1.82) is 0 Å². The molecule has 0 heterocycles. The lowest BCUT2D eigenvalue weighted by atomic mass is 10.1. The molecule has 50 heavy (non-hydrogen) atoms. The molecule has 0 aromatic heterocycles. The summed E-state index contributed by atoms with van der Waals surface area (Å²) in [6, 6.07) is 46.7. The lowest BCUT2D eigenvalue weighted by Crippen LogP contribution is -2.30. The van der Waals surface area contributed by atoms with Gasteiger partial charge in [0.2, 0.25) is 5.91 Å². The van der Waals surface area contributed by atoms with Crippen LogP contribution in [-0.2, 0) is 9.59 Å². The first-order valence-electron chi connectivity index (χ1n) is 16.2. The van der Waals surface area contributed by atoms with Crippen molar-refractivity contribution in [3.63, 3.8) is 0 Å². The van der Waals surface area contributed by atoms with E-state index in [1.165, 1.54) is 11.8 Å². The van der Waals surface area contributed by atoms with E-state index in [0.29, 0.717) is 29.2 Å². The van der Waals surface area contributed by atoms with Crippen LogP contribution < -0.4 is 20.7 Å². The molecule has 7 nitrogen and oxygen atoms in total. The summed E-state index contributed by atoms with van der Waals surface area (Å²) in [6.07, 6.45) is 1.60. The zero-order valence-electron chi connectivity index (χ0n) is 27.3. The summed E-state index contributed by atoms with van der Waals surface area (Å²) < 4.78 is 5.75. The van der Waals surface area contributed by atoms with Gasteiger partial charge in [-0.1, -0.05) is 103 Å². The van der Waals surface area contributed by atoms with Crippen LogP contribution in [0.3, 0.4) is 0 Å². The van der Waals surface area contributed by atoms with Gasteiger partial charge < -0.3 is 20.7 Å². The third-order valence-corrected chi connectivity index (χ3v) is 9.07. The Morgan fingerprint density at radius 1 is 0.700 bits per heavy atom. The number of fused-ring (bicyclic) bond motifs is 1. The highest BCUT2D eigenvalue weighted by molar-refractivity contribution is 8.00. The predicted molar refractivity (Wildman–Crippen MR) is 202 cm³/mol. The Hall–Kier alpha value is -6.12. The minimum atomic E-state index is -0.538. The molecule has 0 saturated carbocycles. The lowest BCUT2D eigenvalue weighted by Gasteiger charge is -2.18. The number of thioether (sulfide) groups is 1. The summed E-state index contributed by atoms with van der Waals surface area (Å²) in [5, 5.41) is 10.3. The normalized spacial score (nSPS) is 11.7. The van der Waals surface area contributed by atoms with E-state index < -0.39 is 17.1 Å². The molecule has 0 saturated heterocycles. The van der Waals surface area contributed by atoms with Crippen LogP contribution in [-0.4, -0.2) is 24.3 Å². The second kappa shape index (κ2) is 16.3. The van der Waals surface area contributed by atoms with Crippen molar-refractivity contribution in [1.82, 2.24) is 5.32 Å². The van der Waals surface area contributed by atoms with Crippen LogP contribution in [0, 0.1) is 0 Å². The fraction of sp³-hybridized carbons (Fsp3) is 0.0714. The number of anilines is 2. The Morgan fingerprint density at radius 3 is 2.12 bits per heavy atom. The van der Waals surface area contributed by atoms with Crippen LogP contribution in [0.1, 0.15) is 33.7 Å². The fourth-order valence-corrected chi connectivity index (χ4v) is 6.39. The highest BCUT2D eigenvalue weighted by Gasteiger charge is 2.23. The van der Waals surface area contributed by atoms with Crippen LogP contribution in [0.5, 0.6) is 5.75 Å². The molecular formula is C42H35N3O4S. The van der Waals surface area contributed by atoms with Crippen LogP contribution in [0.15, 0.2) is 162 Å². The largest absolute Gasteiger partial charge is 0.493 e. The maximum atomic E-state index is 13.8. The van der Waals surface area contributed by atoms with Crippen LogP contribution >= 0.6 is 11.8 Å². The van der Waals surface area contributed by atoms with Gasteiger partial charge in [-0.25, -0.2) is 0 Å². The molecule has 0 aliphatic rings. The number of carbonyl (C=O) groups is 3. The van der Waals surface area contributed by atoms with Gasteiger partial charge in [0, 0.05) is 32.8 Å². The first-order chi connectivity index (χ1) is 24.5. The van der Waals surface area contributed by atoms with Gasteiger partial charge in [0.1, 0.15) is 16.7 Å². The minimum absolute atomic E-state index is 0.0544. The number of rotatable bonds is 12. The van der Waals surface area contributed by atoms with Crippen LogP contribution in [0.2, 0.25) is 0 Å². The Bertz CT molecular complexity index is 2130. The number of nitrogens with one attached hydrogen (secondary N) is 3. The number of benzene rings is 6. The van der Waals surface area contributed by atoms with E-state index in [2.05, 4.69) is 16.0 Å². The van der Waals surface area contributed by atoms with Gasteiger partial charge in [0.15, 0.2) is 0 Å². The molecule has 6 aromatic carbocycles. The Labute approximate surface area is 295 Å². The molecule has 6 rings (SSSR count). The summed E-state index contributed by atoms with van der Waals surface area (Å²) in [5.41, 5.74) is 3.26. The van der Waals surface area contributed by atoms with E-state index in [9.17, 15) is 14.4 Å². The predicted octanol–water partition coefficient (Wildman–Crippen LogP) is 9.12. The fourth-order valence-electron chi connectivity index (χ4n) is 5.37. The van der Waals surface area contributed by atoms with E-state index in [1.807, 2.05) is 122 Å². The van der Waals surface area contributed by atoms with Crippen LogP contribution in [0.25, 0.3) is 16.8 Å². The molecule has 0 aliphatic heterocycles. The van der Waals surface area contributed by atoms with Crippen molar-refractivity contribution in [2.24, 2.45) is 0 Å². The van der Waals surface area contributed by atoms with Gasteiger partial charge in [0.05, 0.1) is 6.61 Å². The number of hydrogen-bond donors (Lipinski definition) is 3. The van der Waals surface area contributed by atoms with E-state index in [4.69, 9.17) is 4.74 Å². The van der Waals surface area contributed by atoms with E-state index in [1.54, 1.807) is 42.5 Å². The van der Waals surface area contributed by atoms with Gasteiger partial charge in [-0.3, -0.25) is 14.4 Å². The smallest absolute Gasteiger partial charge is 0.272 e. The first kappa shape index (κ1) is 33.8. The highest BCUT2D eigenvalue weighted by atomic mass is 32.2. The number of para-hydroxylation sites is 1. The van der Waals surface area contributed by atoms with Crippen molar-refractivity contribution in [3.8, 4) is 5.75 Å². The zero-order valence-corrected chi connectivity index (χ0v) is 28.2. The number of carbonyl (C=O) groups excluding carboxylic acids is 3. The molecule has 1 unspecified atom stereocenters. The molecular weight excluding hydrogens is 643 g/mol. The molecule has 6 aromatic rings. The average Bonchev–Trinajstić information content (AvgIpc) is 3.16. The third-order valence-electron chi connectivity index (χ3n) is 7.80. The lowest BCUT2D eigenvalue weighted by molar-refractivity contribution is -0.116. The molecule has 8 heteroatoms.